The maximum atomic E-state index is 9.72. The van der Waals surface area contributed by atoms with Crippen molar-refractivity contribution in [3.8, 4) is 0 Å². The lowest BCUT2D eigenvalue weighted by Gasteiger charge is -2.33. The highest BCUT2D eigenvalue weighted by atomic mass is 16.3. The van der Waals surface area contributed by atoms with Gasteiger partial charge in [0.15, 0.2) is 0 Å². The van der Waals surface area contributed by atoms with Crippen LogP contribution in [-0.2, 0) is 0 Å². The van der Waals surface area contributed by atoms with Crippen LogP contribution >= 0.6 is 0 Å². The third-order valence-electron chi connectivity index (χ3n) is 4.80. The van der Waals surface area contributed by atoms with Crippen LogP contribution in [0.3, 0.4) is 0 Å². The summed E-state index contributed by atoms with van der Waals surface area (Å²) < 4.78 is 0. The van der Waals surface area contributed by atoms with E-state index in [1.165, 1.54) is 38.8 Å². The van der Waals surface area contributed by atoms with Gasteiger partial charge in [0.05, 0.1) is 6.61 Å². The molecule has 1 saturated heterocycles. The molecule has 3 heteroatoms. The Kier molecular flexibility index (Phi) is 7.96. The third kappa shape index (κ3) is 5.05. The van der Waals surface area contributed by atoms with E-state index >= 15 is 0 Å². The molecule has 1 fully saturated rings. The quantitative estimate of drug-likeness (QED) is 0.641. The van der Waals surface area contributed by atoms with E-state index in [0.717, 1.165) is 31.8 Å². The Morgan fingerprint density at radius 2 is 2.11 bits per heavy atom. The maximum absolute atomic E-state index is 9.72. The maximum Gasteiger partial charge on any atom is 0.0613 e. The first-order valence-electron chi connectivity index (χ1n) is 8.31. The van der Waals surface area contributed by atoms with E-state index < -0.39 is 0 Å². The van der Waals surface area contributed by atoms with Crippen molar-refractivity contribution in [3.05, 3.63) is 0 Å². The topological polar surface area (TPSA) is 35.5 Å². The van der Waals surface area contributed by atoms with Crippen LogP contribution in [0.25, 0.3) is 0 Å². The van der Waals surface area contributed by atoms with Gasteiger partial charge in [0.2, 0.25) is 0 Å². The van der Waals surface area contributed by atoms with E-state index in [9.17, 15) is 5.11 Å². The number of aliphatic hydroxyl groups excluding tert-OH is 1. The molecule has 1 aliphatic rings. The lowest BCUT2D eigenvalue weighted by Crippen LogP contribution is -2.48. The average molecular weight is 270 g/mol. The van der Waals surface area contributed by atoms with Gasteiger partial charge in [-0.05, 0) is 64.6 Å². The molecule has 0 bridgehead atoms. The fraction of sp³-hybridized carbons (Fsp3) is 1.00. The van der Waals surface area contributed by atoms with Crippen molar-refractivity contribution in [2.75, 3.05) is 26.2 Å². The number of nitrogens with zero attached hydrogens (tertiary/aromatic N) is 1. The number of hydrogen-bond acceptors (Lipinski definition) is 3. The molecule has 0 aromatic carbocycles. The highest BCUT2D eigenvalue weighted by Gasteiger charge is 2.27. The minimum atomic E-state index is -0.0442. The Labute approximate surface area is 119 Å². The largest absolute Gasteiger partial charge is 0.394 e. The van der Waals surface area contributed by atoms with Crippen LogP contribution in [0.1, 0.15) is 65.7 Å². The standard InChI is InChI=1S/C16H34N2O/c1-4-11-17-16(6-3,14-19)10-8-13-18-12-7-9-15(18)5-2/h15,17,19H,4-14H2,1-3H3. The summed E-state index contributed by atoms with van der Waals surface area (Å²) >= 11 is 0. The van der Waals surface area contributed by atoms with E-state index in [2.05, 4.69) is 31.0 Å². The van der Waals surface area contributed by atoms with Gasteiger partial charge in [0.25, 0.3) is 0 Å². The number of aliphatic hydroxyl groups is 1. The van der Waals surface area contributed by atoms with Crippen LogP contribution in [0.5, 0.6) is 0 Å². The number of rotatable bonds is 10. The Morgan fingerprint density at radius 3 is 2.68 bits per heavy atom. The van der Waals surface area contributed by atoms with E-state index in [1.54, 1.807) is 0 Å². The fourth-order valence-electron chi connectivity index (χ4n) is 3.30. The molecule has 1 rings (SSSR count). The van der Waals surface area contributed by atoms with Gasteiger partial charge in [-0.2, -0.15) is 0 Å². The second kappa shape index (κ2) is 8.93. The average Bonchev–Trinajstić information content (AvgIpc) is 2.90. The molecule has 0 amide bonds. The third-order valence-corrected chi connectivity index (χ3v) is 4.80. The lowest BCUT2D eigenvalue weighted by molar-refractivity contribution is 0.136. The normalized spacial score (nSPS) is 23.7. The molecule has 2 unspecified atom stereocenters. The number of nitrogens with one attached hydrogen (secondary N) is 1. The summed E-state index contributed by atoms with van der Waals surface area (Å²) in [6.07, 6.45) is 8.46. The van der Waals surface area contributed by atoms with Crippen LogP contribution in [-0.4, -0.2) is 47.8 Å². The van der Waals surface area contributed by atoms with Gasteiger partial charge >= 0.3 is 0 Å². The van der Waals surface area contributed by atoms with Crippen LogP contribution in [0.15, 0.2) is 0 Å². The van der Waals surface area contributed by atoms with Crippen molar-refractivity contribution in [2.45, 2.75) is 77.3 Å². The van der Waals surface area contributed by atoms with Crippen molar-refractivity contribution in [3.63, 3.8) is 0 Å². The van der Waals surface area contributed by atoms with Gasteiger partial charge in [-0.3, -0.25) is 0 Å². The number of likely N-dealkylation sites (tertiary alicyclic amines) is 1. The number of hydrogen-bond donors (Lipinski definition) is 2. The molecule has 19 heavy (non-hydrogen) atoms. The molecule has 114 valence electrons. The summed E-state index contributed by atoms with van der Waals surface area (Å²) in [4.78, 5) is 2.65. The highest BCUT2D eigenvalue weighted by molar-refractivity contribution is 4.87. The predicted octanol–water partition coefficient (Wildman–Crippen LogP) is 2.78. The summed E-state index contributed by atoms with van der Waals surface area (Å²) in [5, 5.41) is 13.3. The Hall–Kier alpha value is -0.120. The molecule has 0 spiro atoms. The van der Waals surface area contributed by atoms with Crippen molar-refractivity contribution in [2.24, 2.45) is 0 Å². The highest BCUT2D eigenvalue weighted by Crippen LogP contribution is 2.22. The second-order valence-corrected chi connectivity index (χ2v) is 6.06. The Bertz CT molecular complexity index is 229. The van der Waals surface area contributed by atoms with Crippen molar-refractivity contribution in [1.29, 1.82) is 0 Å². The molecule has 0 aromatic heterocycles. The summed E-state index contributed by atoms with van der Waals surface area (Å²) in [6.45, 7) is 10.4. The zero-order valence-electron chi connectivity index (χ0n) is 13.2. The molecule has 3 nitrogen and oxygen atoms in total. The predicted molar refractivity (Wildman–Crippen MR) is 82.5 cm³/mol. The van der Waals surface area contributed by atoms with E-state index in [-0.39, 0.29) is 12.1 Å². The van der Waals surface area contributed by atoms with Gasteiger partial charge in [-0.15, -0.1) is 0 Å². The Balaban J connectivity index is 2.35. The minimum Gasteiger partial charge on any atom is -0.394 e. The molecule has 0 aliphatic carbocycles. The Morgan fingerprint density at radius 1 is 1.32 bits per heavy atom. The van der Waals surface area contributed by atoms with Gasteiger partial charge in [-0.25, -0.2) is 0 Å². The zero-order valence-corrected chi connectivity index (χ0v) is 13.2. The van der Waals surface area contributed by atoms with Crippen LogP contribution in [0.2, 0.25) is 0 Å². The van der Waals surface area contributed by atoms with Crippen LogP contribution < -0.4 is 5.32 Å². The molecule has 2 N–H and O–H groups in total. The van der Waals surface area contributed by atoms with E-state index in [0.29, 0.717) is 0 Å². The molecule has 0 radical (unpaired) electrons. The molecular formula is C16H34N2O. The van der Waals surface area contributed by atoms with Gasteiger partial charge < -0.3 is 15.3 Å². The van der Waals surface area contributed by atoms with Crippen molar-refractivity contribution < 1.29 is 5.11 Å². The monoisotopic (exact) mass is 270 g/mol. The molecular weight excluding hydrogens is 236 g/mol. The molecule has 0 saturated carbocycles. The zero-order chi connectivity index (χ0) is 14.1. The molecule has 0 aromatic rings. The minimum absolute atomic E-state index is 0.0442. The SMILES string of the molecule is CCCNC(CC)(CO)CCCN1CCCC1CC. The van der Waals surface area contributed by atoms with E-state index in [1.807, 2.05) is 0 Å². The first kappa shape index (κ1) is 16.9. The summed E-state index contributed by atoms with van der Waals surface area (Å²) in [7, 11) is 0. The van der Waals surface area contributed by atoms with Crippen LogP contribution in [0, 0.1) is 0 Å². The summed E-state index contributed by atoms with van der Waals surface area (Å²) in [5.74, 6) is 0. The first-order valence-corrected chi connectivity index (χ1v) is 8.31. The lowest BCUT2D eigenvalue weighted by atomic mass is 9.91. The van der Waals surface area contributed by atoms with Gasteiger partial charge in [0, 0.05) is 11.6 Å². The van der Waals surface area contributed by atoms with Gasteiger partial charge in [-0.1, -0.05) is 20.8 Å². The second-order valence-electron chi connectivity index (χ2n) is 6.06. The summed E-state index contributed by atoms with van der Waals surface area (Å²) in [5.41, 5.74) is -0.0442. The fourth-order valence-corrected chi connectivity index (χ4v) is 3.30. The van der Waals surface area contributed by atoms with Gasteiger partial charge in [0.1, 0.15) is 0 Å². The summed E-state index contributed by atoms with van der Waals surface area (Å²) in [6, 6.07) is 0.814. The van der Waals surface area contributed by atoms with Crippen molar-refractivity contribution >= 4 is 0 Å². The molecule has 1 aliphatic heterocycles. The first-order chi connectivity index (χ1) is 9.21. The van der Waals surface area contributed by atoms with E-state index in [4.69, 9.17) is 0 Å². The molecule has 1 heterocycles. The smallest absolute Gasteiger partial charge is 0.0613 e. The van der Waals surface area contributed by atoms with Crippen LogP contribution in [0.4, 0.5) is 0 Å². The molecule has 2 atom stereocenters. The van der Waals surface area contributed by atoms with Crippen molar-refractivity contribution in [1.82, 2.24) is 10.2 Å².